The highest BCUT2D eigenvalue weighted by Crippen LogP contribution is 2.44. The zero-order chi connectivity index (χ0) is 35.3. The number of fused-ring (bicyclic) bond motifs is 5. The minimum Gasteiger partial charge on any atom is -0.456 e. The van der Waals surface area contributed by atoms with Gasteiger partial charge in [0, 0.05) is 10.8 Å². The molecule has 0 aliphatic heterocycles. The lowest BCUT2D eigenvalue weighted by Gasteiger charge is -2.18. The quantitative estimate of drug-likeness (QED) is 0.217. The van der Waals surface area contributed by atoms with Crippen LogP contribution in [0, 0.1) is 0 Å². The van der Waals surface area contributed by atoms with Crippen LogP contribution in [0.15, 0.2) is 150 Å². The Kier molecular flexibility index (Phi) is 3.04. The van der Waals surface area contributed by atoms with Crippen LogP contribution < -0.4 is 0 Å². The van der Waals surface area contributed by atoms with Crippen LogP contribution in [-0.4, -0.2) is 0 Å². The van der Waals surface area contributed by atoms with E-state index in [4.69, 9.17) is 19.5 Å². The summed E-state index contributed by atoms with van der Waals surface area (Å²) < 4.78 is 99.3. The average molecular weight is 508 g/mol. The molecule has 0 bridgehead atoms. The van der Waals surface area contributed by atoms with Crippen molar-refractivity contribution in [3.05, 3.63) is 145 Å². The predicted molar refractivity (Wildman–Crippen MR) is 165 cm³/mol. The molecule has 0 saturated carbocycles. The summed E-state index contributed by atoms with van der Waals surface area (Å²) in [6, 6.07) is 20.5. The number of hydrogen-bond donors (Lipinski definition) is 0. The van der Waals surface area contributed by atoms with Crippen LogP contribution in [0.5, 0.6) is 0 Å². The van der Waals surface area contributed by atoms with Gasteiger partial charge in [0.15, 0.2) is 0 Å². The Bertz CT molecular complexity index is 2680. The van der Waals surface area contributed by atoms with E-state index in [0.717, 1.165) is 11.1 Å². The van der Waals surface area contributed by atoms with E-state index in [1.165, 1.54) is 0 Å². The number of furan rings is 1. The maximum atomic E-state index is 8.90. The molecule has 0 unspecified atom stereocenters. The van der Waals surface area contributed by atoms with E-state index in [1.807, 2.05) is 30.3 Å². The lowest BCUT2D eigenvalue weighted by atomic mass is 9.85. The van der Waals surface area contributed by atoms with Gasteiger partial charge in [-0.1, -0.05) is 133 Å². The van der Waals surface area contributed by atoms with Crippen LogP contribution in [0.3, 0.4) is 0 Å². The van der Waals surface area contributed by atoms with Gasteiger partial charge in [-0.05, 0) is 67.0 Å². The summed E-state index contributed by atoms with van der Waals surface area (Å²) in [5.74, 6) is 0. The summed E-state index contributed by atoms with van der Waals surface area (Å²) in [6.07, 6.45) is 0. The second kappa shape index (κ2) is 8.72. The third-order valence-electron chi connectivity index (χ3n) is 7.16. The fourth-order valence-electron chi connectivity index (χ4n) is 5.49. The highest BCUT2D eigenvalue weighted by atomic mass is 16.3. The van der Waals surface area contributed by atoms with Gasteiger partial charge < -0.3 is 4.42 Å². The number of hydrogen-bond acceptors (Lipinski definition) is 1. The Morgan fingerprint density at radius 3 is 1.59 bits per heavy atom. The smallest absolute Gasteiger partial charge is 0.136 e. The molecule has 7 aromatic carbocycles. The van der Waals surface area contributed by atoms with Crippen molar-refractivity contribution in [1.29, 1.82) is 0 Å². The lowest BCUT2D eigenvalue weighted by Crippen LogP contribution is -1.90. The third-order valence-corrected chi connectivity index (χ3v) is 7.16. The molecule has 0 saturated heterocycles. The van der Waals surface area contributed by atoms with Gasteiger partial charge >= 0.3 is 0 Å². The average Bonchev–Trinajstić information content (AvgIpc) is 3.51. The monoisotopic (exact) mass is 507 g/mol. The first-order chi connectivity index (χ1) is 23.9. The zero-order valence-corrected chi connectivity index (χ0v) is 20.4. The summed E-state index contributed by atoms with van der Waals surface area (Å²) in [4.78, 5) is 0. The molecular formula is C38H24O. The van der Waals surface area contributed by atoms with Gasteiger partial charge in [-0.15, -0.1) is 0 Å². The molecule has 39 heavy (non-hydrogen) atoms. The molecule has 0 aliphatic carbocycles. The normalized spacial score (nSPS) is 15.5. The van der Waals surface area contributed by atoms with Crippen molar-refractivity contribution >= 4 is 43.5 Å². The molecule has 1 heterocycles. The highest BCUT2D eigenvalue weighted by molar-refractivity contribution is 6.21. The van der Waals surface area contributed by atoms with Crippen molar-refractivity contribution in [2.75, 3.05) is 0 Å². The molecule has 8 aromatic rings. The topological polar surface area (TPSA) is 13.1 Å². The standard InChI is InChI=1S/C38H24O/c1-2-11-26(12-3-1)36-29-13-4-6-15-31(29)37(32-16-7-5-14-30(32)36)27-23-21-25(22-24-27)28-18-10-20-35-38(28)33-17-8-9-19-34(33)39-35/h1-24H/i4D,5D,6D,7D,8D,9D,10D,17D,18D,19D,20D. The van der Waals surface area contributed by atoms with E-state index < -0.39 is 30.2 Å². The van der Waals surface area contributed by atoms with Crippen LogP contribution in [0.25, 0.3) is 76.9 Å². The number of benzene rings is 7. The summed E-state index contributed by atoms with van der Waals surface area (Å²) in [6.45, 7) is 0. The summed E-state index contributed by atoms with van der Waals surface area (Å²) in [7, 11) is 0. The second-order valence-corrected chi connectivity index (χ2v) is 9.26. The van der Waals surface area contributed by atoms with E-state index in [2.05, 4.69) is 0 Å². The van der Waals surface area contributed by atoms with Crippen molar-refractivity contribution in [3.8, 4) is 33.4 Å². The van der Waals surface area contributed by atoms with Crippen LogP contribution >= 0.6 is 0 Å². The zero-order valence-electron chi connectivity index (χ0n) is 31.4. The summed E-state index contributed by atoms with van der Waals surface area (Å²) >= 11 is 0. The molecule has 0 radical (unpaired) electrons. The summed E-state index contributed by atoms with van der Waals surface area (Å²) in [5.41, 5.74) is 3.39. The van der Waals surface area contributed by atoms with Crippen molar-refractivity contribution < 1.29 is 19.5 Å². The molecular weight excluding hydrogens is 472 g/mol. The van der Waals surface area contributed by atoms with E-state index >= 15 is 0 Å². The van der Waals surface area contributed by atoms with Gasteiger partial charge in [0.25, 0.3) is 0 Å². The van der Waals surface area contributed by atoms with Crippen molar-refractivity contribution in [3.63, 3.8) is 0 Å². The van der Waals surface area contributed by atoms with Crippen molar-refractivity contribution in [2.24, 2.45) is 0 Å². The molecule has 0 aliphatic rings. The maximum absolute atomic E-state index is 8.90. The fourth-order valence-corrected chi connectivity index (χ4v) is 5.49. The van der Waals surface area contributed by atoms with Gasteiger partial charge in [0.2, 0.25) is 0 Å². The van der Waals surface area contributed by atoms with Gasteiger partial charge in [0.1, 0.15) is 11.2 Å². The van der Waals surface area contributed by atoms with E-state index in [9.17, 15) is 0 Å². The van der Waals surface area contributed by atoms with Crippen molar-refractivity contribution in [2.45, 2.75) is 0 Å². The third kappa shape index (κ3) is 3.41. The van der Waals surface area contributed by atoms with E-state index in [-0.39, 0.29) is 63.8 Å². The molecule has 182 valence electrons. The molecule has 8 rings (SSSR count). The van der Waals surface area contributed by atoms with E-state index in [1.54, 1.807) is 48.5 Å². The predicted octanol–water partition coefficient (Wildman–Crippen LogP) is 10.9. The van der Waals surface area contributed by atoms with E-state index in [0.29, 0.717) is 38.2 Å². The van der Waals surface area contributed by atoms with Crippen molar-refractivity contribution in [1.82, 2.24) is 0 Å². The largest absolute Gasteiger partial charge is 0.456 e. The molecule has 1 aromatic heterocycles. The molecule has 0 atom stereocenters. The molecule has 1 heteroatoms. The molecule has 0 N–H and O–H groups in total. The first-order valence-electron chi connectivity index (χ1n) is 17.9. The Hall–Kier alpha value is -5.14. The molecule has 0 fully saturated rings. The molecule has 0 amide bonds. The Labute approximate surface area is 242 Å². The minimum atomic E-state index is -0.490. The van der Waals surface area contributed by atoms with Crippen LogP contribution in [0.1, 0.15) is 15.1 Å². The van der Waals surface area contributed by atoms with Gasteiger partial charge in [0.05, 0.1) is 15.1 Å². The summed E-state index contributed by atoms with van der Waals surface area (Å²) in [5, 5.41) is 2.95. The number of rotatable bonds is 3. The first-order valence-corrected chi connectivity index (χ1v) is 12.4. The fraction of sp³-hybridized carbons (Fsp3) is 0. The molecule has 1 nitrogen and oxygen atoms in total. The lowest BCUT2D eigenvalue weighted by molar-refractivity contribution is 0.669. The van der Waals surface area contributed by atoms with Crippen LogP contribution in [-0.2, 0) is 0 Å². The highest BCUT2D eigenvalue weighted by Gasteiger charge is 2.17. The van der Waals surface area contributed by atoms with Crippen LogP contribution in [0.4, 0.5) is 0 Å². The Morgan fingerprint density at radius 2 is 0.949 bits per heavy atom. The second-order valence-electron chi connectivity index (χ2n) is 9.26. The van der Waals surface area contributed by atoms with Gasteiger partial charge in [-0.2, -0.15) is 0 Å². The van der Waals surface area contributed by atoms with Crippen LogP contribution in [0.2, 0.25) is 0 Å². The first kappa shape index (κ1) is 13.6. The molecule has 0 spiro atoms. The number of para-hydroxylation sites is 1. The Balaban J connectivity index is 1.44. The maximum Gasteiger partial charge on any atom is 0.136 e. The SMILES string of the molecule is [2H]c1cc2c(-c3ccccc3)c3cc([2H])c([2H])cc3c(-c3ccc(-c4c([2H])c([2H])c([2H])c5oc6c([2H])c([2H])c([2H])c([2H])c6c45)cc3)c2cc1[2H]. The van der Waals surface area contributed by atoms with Gasteiger partial charge in [-0.25, -0.2) is 0 Å². The minimum absolute atomic E-state index is 0.0213. The van der Waals surface area contributed by atoms with Gasteiger partial charge in [-0.3, -0.25) is 0 Å². The Morgan fingerprint density at radius 1 is 0.410 bits per heavy atom.